The maximum atomic E-state index is 10.6. The smallest absolute Gasteiger partial charge is 0.304 e. The third-order valence-corrected chi connectivity index (χ3v) is 1.75. The van der Waals surface area contributed by atoms with Crippen LogP contribution in [0.2, 0.25) is 0 Å². The molecule has 0 bridgehead atoms. The number of nitrogens with zero attached hydrogens (tertiary/aromatic N) is 1. The third-order valence-electron chi connectivity index (χ3n) is 1.75. The van der Waals surface area contributed by atoms with E-state index < -0.39 is 12.0 Å². The molecule has 0 saturated heterocycles. The van der Waals surface area contributed by atoms with E-state index in [9.17, 15) is 9.90 Å². The molecule has 0 aliphatic carbocycles. The fourth-order valence-electron chi connectivity index (χ4n) is 0.764. The fraction of sp³-hybridized carbons (Fsp3) is 0.875. The molecule has 1 unspecified atom stereocenters. The first-order valence-electron chi connectivity index (χ1n) is 3.87. The minimum atomic E-state index is -0.977. The van der Waals surface area contributed by atoms with Gasteiger partial charge in [-0.25, -0.2) is 4.90 Å². The number of carbonyl (C=O) groups excluding carboxylic acids is 1. The normalized spacial score (nSPS) is 14.6. The van der Waals surface area contributed by atoms with Crippen LogP contribution in [0.15, 0.2) is 0 Å². The summed E-state index contributed by atoms with van der Waals surface area (Å²) in [6, 6.07) is 0. The Morgan fingerprint density at radius 3 is 2.25 bits per heavy atom. The van der Waals surface area contributed by atoms with E-state index in [1.807, 2.05) is 0 Å². The molecule has 0 fully saturated rings. The van der Waals surface area contributed by atoms with Crippen LogP contribution in [0.1, 0.15) is 27.7 Å². The molecule has 0 heterocycles. The molecule has 0 rings (SSSR count). The van der Waals surface area contributed by atoms with Crippen LogP contribution < -0.4 is 0 Å². The lowest BCUT2D eigenvalue weighted by Crippen LogP contribution is -2.47. The van der Waals surface area contributed by atoms with Gasteiger partial charge in [-0.1, -0.05) is 0 Å². The zero-order valence-electron chi connectivity index (χ0n) is 8.29. The largest absolute Gasteiger partial charge is 0.447 e. The number of esters is 1. The SMILES string of the molecule is CC(=O)OC(C)N(C)C(C)(C)O. The molecule has 72 valence electrons. The molecule has 0 aromatic heterocycles. The van der Waals surface area contributed by atoms with Crippen molar-refractivity contribution in [3.63, 3.8) is 0 Å². The van der Waals surface area contributed by atoms with Crippen LogP contribution in [-0.2, 0) is 9.53 Å². The minimum absolute atomic E-state index is 0.349. The molecule has 0 aliphatic heterocycles. The fourth-order valence-corrected chi connectivity index (χ4v) is 0.764. The van der Waals surface area contributed by atoms with Crippen molar-refractivity contribution in [1.82, 2.24) is 4.90 Å². The van der Waals surface area contributed by atoms with Crippen LogP contribution in [0.3, 0.4) is 0 Å². The molecule has 12 heavy (non-hydrogen) atoms. The lowest BCUT2D eigenvalue weighted by atomic mass is 10.2. The van der Waals surface area contributed by atoms with Gasteiger partial charge in [0, 0.05) is 6.92 Å². The molecule has 0 saturated carbocycles. The number of rotatable bonds is 3. The Labute approximate surface area is 73.1 Å². The Morgan fingerprint density at radius 1 is 1.58 bits per heavy atom. The second-order valence-electron chi connectivity index (χ2n) is 3.31. The Kier molecular flexibility index (Phi) is 3.67. The van der Waals surface area contributed by atoms with Crippen LogP contribution in [-0.4, -0.2) is 35.0 Å². The summed E-state index contributed by atoms with van der Waals surface area (Å²) in [6.07, 6.45) is -0.414. The summed E-state index contributed by atoms with van der Waals surface area (Å²) < 4.78 is 4.87. The number of hydrogen-bond acceptors (Lipinski definition) is 4. The Bertz CT molecular complexity index is 162. The second-order valence-corrected chi connectivity index (χ2v) is 3.31. The predicted molar refractivity (Wildman–Crippen MR) is 45.3 cm³/mol. The highest BCUT2D eigenvalue weighted by Crippen LogP contribution is 2.11. The van der Waals surface area contributed by atoms with E-state index >= 15 is 0 Å². The molecule has 4 heteroatoms. The van der Waals surface area contributed by atoms with Gasteiger partial charge in [-0.2, -0.15) is 0 Å². The predicted octanol–water partition coefficient (Wildman–Crippen LogP) is 0.556. The van der Waals surface area contributed by atoms with E-state index in [0.717, 1.165) is 0 Å². The summed E-state index contributed by atoms with van der Waals surface area (Å²) in [7, 11) is 1.69. The lowest BCUT2D eigenvalue weighted by Gasteiger charge is -2.34. The van der Waals surface area contributed by atoms with Crippen LogP contribution in [0, 0.1) is 0 Å². The maximum Gasteiger partial charge on any atom is 0.304 e. The number of carbonyl (C=O) groups is 1. The number of aliphatic hydroxyl groups is 1. The van der Waals surface area contributed by atoms with Gasteiger partial charge in [-0.15, -0.1) is 0 Å². The summed E-state index contributed by atoms with van der Waals surface area (Å²) in [4.78, 5) is 12.1. The van der Waals surface area contributed by atoms with E-state index in [2.05, 4.69) is 0 Å². The lowest BCUT2D eigenvalue weighted by molar-refractivity contribution is -0.176. The molecule has 0 spiro atoms. The maximum absolute atomic E-state index is 10.6. The van der Waals surface area contributed by atoms with Gasteiger partial charge in [0.2, 0.25) is 0 Å². The molecule has 4 nitrogen and oxygen atoms in total. The summed E-state index contributed by atoms with van der Waals surface area (Å²) in [5.41, 5.74) is -0.977. The average Bonchev–Trinajstić information content (AvgIpc) is 1.82. The number of ether oxygens (including phenoxy) is 1. The van der Waals surface area contributed by atoms with Crippen molar-refractivity contribution in [2.45, 2.75) is 39.6 Å². The molecule has 0 aromatic carbocycles. The first-order chi connectivity index (χ1) is 5.25. The zero-order valence-corrected chi connectivity index (χ0v) is 8.29. The van der Waals surface area contributed by atoms with Gasteiger partial charge in [-0.3, -0.25) is 4.79 Å². The van der Waals surface area contributed by atoms with Gasteiger partial charge in [0.05, 0.1) is 0 Å². The quantitative estimate of drug-likeness (QED) is 0.503. The van der Waals surface area contributed by atoms with E-state index in [-0.39, 0.29) is 5.97 Å². The highest BCUT2D eigenvalue weighted by Gasteiger charge is 2.25. The van der Waals surface area contributed by atoms with Crippen molar-refractivity contribution < 1.29 is 14.6 Å². The van der Waals surface area contributed by atoms with Gasteiger partial charge in [-0.05, 0) is 27.8 Å². The Hall–Kier alpha value is -0.610. The third kappa shape index (κ3) is 3.69. The van der Waals surface area contributed by atoms with Crippen molar-refractivity contribution in [1.29, 1.82) is 0 Å². The van der Waals surface area contributed by atoms with Gasteiger partial charge >= 0.3 is 5.97 Å². The molecule has 1 N–H and O–H groups in total. The molecule has 0 amide bonds. The highest BCUT2D eigenvalue weighted by molar-refractivity contribution is 5.66. The molecule has 0 radical (unpaired) electrons. The molecule has 0 aromatic rings. The van der Waals surface area contributed by atoms with Crippen molar-refractivity contribution in [2.75, 3.05) is 7.05 Å². The summed E-state index contributed by atoms with van der Waals surface area (Å²) >= 11 is 0. The molecule has 1 atom stereocenters. The summed E-state index contributed by atoms with van der Waals surface area (Å²) in [5.74, 6) is -0.349. The minimum Gasteiger partial charge on any atom is -0.447 e. The highest BCUT2D eigenvalue weighted by atomic mass is 16.6. The summed E-state index contributed by atoms with van der Waals surface area (Å²) in [5, 5.41) is 9.50. The van der Waals surface area contributed by atoms with E-state index in [0.29, 0.717) is 0 Å². The molecular weight excluding hydrogens is 158 g/mol. The first kappa shape index (κ1) is 11.4. The van der Waals surface area contributed by atoms with Crippen LogP contribution >= 0.6 is 0 Å². The second kappa shape index (κ2) is 3.87. The van der Waals surface area contributed by atoms with Gasteiger partial charge in [0.25, 0.3) is 0 Å². The van der Waals surface area contributed by atoms with Crippen molar-refractivity contribution in [3.05, 3.63) is 0 Å². The Balaban J connectivity index is 4.10. The number of hydrogen-bond donors (Lipinski definition) is 1. The summed E-state index contributed by atoms with van der Waals surface area (Å²) in [6.45, 7) is 6.31. The molecule has 0 aliphatic rings. The van der Waals surface area contributed by atoms with Gasteiger partial charge in [0.15, 0.2) is 6.23 Å². The van der Waals surface area contributed by atoms with E-state index in [1.54, 1.807) is 32.7 Å². The topological polar surface area (TPSA) is 49.8 Å². The molecular formula is C8H17NO3. The van der Waals surface area contributed by atoms with Gasteiger partial charge < -0.3 is 9.84 Å². The van der Waals surface area contributed by atoms with Gasteiger partial charge in [0.1, 0.15) is 5.72 Å². The van der Waals surface area contributed by atoms with Crippen molar-refractivity contribution >= 4 is 5.97 Å². The van der Waals surface area contributed by atoms with Crippen LogP contribution in [0.4, 0.5) is 0 Å². The van der Waals surface area contributed by atoms with E-state index in [1.165, 1.54) is 6.92 Å². The van der Waals surface area contributed by atoms with Crippen LogP contribution in [0.5, 0.6) is 0 Å². The zero-order chi connectivity index (χ0) is 9.94. The average molecular weight is 175 g/mol. The van der Waals surface area contributed by atoms with Crippen molar-refractivity contribution in [3.8, 4) is 0 Å². The Morgan fingerprint density at radius 2 is 2.00 bits per heavy atom. The van der Waals surface area contributed by atoms with Crippen molar-refractivity contribution in [2.24, 2.45) is 0 Å². The first-order valence-corrected chi connectivity index (χ1v) is 3.87. The van der Waals surface area contributed by atoms with E-state index in [4.69, 9.17) is 4.74 Å². The standard InChI is InChI=1S/C8H17NO3/c1-6(12-7(2)10)9(5)8(3,4)11/h6,11H,1-5H3. The van der Waals surface area contributed by atoms with Crippen LogP contribution in [0.25, 0.3) is 0 Å². The monoisotopic (exact) mass is 175 g/mol.